The average Bonchev–Trinajstić information content (AvgIpc) is 3.08. The second-order valence-corrected chi connectivity index (χ2v) is 12.1. The third kappa shape index (κ3) is 8.41. The predicted octanol–water partition coefficient (Wildman–Crippen LogP) is 4.79. The van der Waals surface area contributed by atoms with Crippen LogP contribution >= 0.6 is 0 Å². The van der Waals surface area contributed by atoms with Gasteiger partial charge < -0.3 is 20.4 Å². The van der Waals surface area contributed by atoms with Crippen LogP contribution in [0.5, 0.6) is 0 Å². The lowest BCUT2D eigenvalue weighted by Gasteiger charge is -2.44. The first-order valence-electron chi connectivity index (χ1n) is 16.1. The van der Waals surface area contributed by atoms with Gasteiger partial charge in [-0.1, -0.05) is 98.3 Å². The molecule has 1 heterocycles. The molecule has 2 N–H and O–H groups in total. The summed E-state index contributed by atoms with van der Waals surface area (Å²) in [4.78, 5) is 57.5. The summed E-state index contributed by atoms with van der Waals surface area (Å²) in [5, 5.41) is 7.91. The lowest BCUT2D eigenvalue weighted by atomic mass is 9.96. The van der Waals surface area contributed by atoms with Crippen LogP contribution < -0.4 is 10.6 Å². The maximum atomic E-state index is 14.3. The number of nitrogens with one attached hydrogen (secondary N) is 2. The number of carbonyl (C=O) groups excluding carboxylic acids is 4. The van der Waals surface area contributed by atoms with Crippen LogP contribution in [-0.4, -0.2) is 64.6 Å². The van der Waals surface area contributed by atoms with Crippen molar-refractivity contribution in [1.29, 1.82) is 0 Å². The molecular weight excluding hydrogens is 595 g/mol. The predicted molar refractivity (Wildman–Crippen MR) is 180 cm³/mol. The van der Waals surface area contributed by atoms with Crippen molar-refractivity contribution in [1.82, 2.24) is 20.4 Å². The van der Waals surface area contributed by atoms with Crippen LogP contribution in [0.25, 0.3) is 10.8 Å². The number of hydrogen-bond donors (Lipinski definition) is 2. The van der Waals surface area contributed by atoms with E-state index in [9.17, 15) is 23.6 Å². The van der Waals surface area contributed by atoms with E-state index in [1.165, 1.54) is 19.1 Å². The molecule has 9 heteroatoms. The summed E-state index contributed by atoms with van der Waals surface area (Å²) < 4.78 is 13.5. The van der Waals surface area contributed by atoms with Crippen LogP contribution in [0.2, 0.25) is 0 Å². The number of fused-ring (bicyclic) bond motifs is 1. The smallest absolute Gasteiger partial charge is 0.246 e. The van der Waals surface area contributed by atoms with E-state index in [2.05, 4.69) is 10.6 Å². The molecule has 4 aromatic carbocycles. The summed E-state index contributed by atoms with van der Waals surface area (Å²) in [6.45, 7) is 3.96. The van der Waals surface area contributed by atoms with Gasteiger partial charge in [0.1, 0.15) is 23.9 Å². The van der Waals surface area contributed by atoms with E-state index in [1.54, 1.807) is 21.9 Å². The fourth-order valence-corrected chi connectivity index (χ4v) is 6.27. The molecule has 1 fully saturated rings. The summed E-state index contributed by atoms with van der Waals surface area (Å²) >= 11 is 0. The first-order valence-corrected chi connectivity index (χ1v) is 16.1. The molecule has 0 saturated carbocycles. The number of rotatable bonds is 12. The zero-order valence-corrected chi connectivity index (χ0v) is 26.8. The lowest BCUT2D eigenvalue weighted by molar-refractivity contribution is -0.157. The molecule has 0 aliphatic carbocycles. The van der Waals surface area contributed by atoms with Crippen molar-refractivity contribution in [2.45, 2.75) is 64.2 Å². The fraction of sp³-hybridized carbons (Fsp3) is 0.316. The van der Waals surface area contributed by atoms with Gasteiger partial charge in [-0.05, 0) is 46.0 Å². The van der Waals surface area contributed by atoms with E-state index >= 15 is 0 Å². The first-order chi connectivity index (χ1) is 22.7. The lowest BCUT2D eigenvalue weighted by Crippen LogP contribution is -2.65. The second-order valence-electron chi connectivity index (χ2n) is 12.1. The SMILES string of the molecule is CCC[C@H]1C(=O)N([C@@H](Cc2ccc3ccccc3c2)C(=O)NCc2ccccc2)CCN1C(=O)[C@@H](Cc1ccc(F)cc1)NC(C)=O. The molecule has 47 heavy (non-hydrogen) atoms. The number of halogens is 1. The highest BCUT2D eigenvalue weighted by Crippen LogP contribution is 2.24. The van der Waals surface area contributed by atoms with Crippen LogP contribution in [0.4, 0.5) is 4.39 Å². The molecule has 0 unspecified atom stereocenters. The molecule has 1 saturated heterocycles. The van der Waals surface area contributed by atoms with Gasteiger partial charge in [0.05, 0.1) is 0 Å². The van der Waals surface area contributed by atoms with Gasteiger partial charge in [0.25, 0.3) is 0 Å². The molecule has 4 aromatic rings. The Kier molecular flexibility index (Phi) is 11.0. The van der Waals surface area contributed by atoms with Gasteiger partial charge in [0.2, 0.25) is 23.6 Å². The van der Waals surface area contributed by atoms with Crippen molar-refractivity contribution in [3.63, 3.8) is 0 Å². The van der Waals surface area contributed by atoms with Crippen molar-refractivity contribution in [2.75, 3.05) is 13.1 Å². The maximum absolute atomic E-state index is 14.3. The highest BCUT2D eigenvalue weighted by Gasteiger charge is 2.43. The molecule has 1 aliphatic rings. The molecule has 8 nitrogen and oxygen atoms in total. The van der Waals surface area contributed by atoms with Crippen molar-refractivity contribution >= 4 is 34.4 Å². The number of benzene rings is 4. The van der Waals surface area contributed by atoms with Gasteiger partial charge in [-0.2, -0.15) is 0 Å². The Morgan fingerprint density at radius 1 is 0.830 bits per heavy atom. The van der Waals surface area contributed by atoms with Crippen LogP contribution in [0.15, 0.2) is 97.1 Å². The van der Waals surface area contributed by atoms with Crippen molar-refractivity contribution in [3.05, 3.63) is 120 Å². The van der Waals surface area contributed by atoms with E-state index in [0.717, 1.165) is 21.9 Å². The zero-order chi connectivity index (χ0) is 33.3. The van der Waals surface area contributed by atoms with Crippen LogP contribution in [-0.2, 0) is 38.6 Å². The van der Waals surface area contributed by atoms with Crippen LogP contribution in [0, 0.1) is 5.82 Å². The Labute approximate surface area is 274 Å². The minimum absolute atomic E-state index is 0.151. The van der Waals surface area contributed by atoms with Crippen molar-refractivity contribution in [3.8, 4) is 0 Å². The Balaban J connectivity index is 1.40. The third-order valence-corrected chi connectivity index (χ3v) is 8.63. The monoisotopic (exact) mass is 636 g/mol. The molecule has 0 aromatic heterocycles. The molecule has 0 bridgehead atoms. The maximum Gasteiger partial charge on any atom is 0.246 e. The van der Waals surface area contributed by atoms with Crippen LogP contribution in [0.3, 0.4) is 0 Å². The Bertz CT molecular complexity index is 1710. The Morgan fingerprint density at radius 2 is 1.51 bits per heavy atom. The molecule has 4 amide bonds. The number of hydrogen-bond acceptors (Lipinski definition) is 4. The van der Waals surface area contributed by atoms with Crippen molar-refractivity contribution < 1.29 is 23.6 Å². The molecule has 3 atom stereocenters. The quantitative estimate of drug-likeness (QED) is 0.234. The van der Waals surface area contributed by atoms with Gasteiger partial charge in [0.15, 0.2) is 0 Å². The van der Waals surface area contributed by atoms with Gasteiger partial charge in [-0.25, -0.2) is 4.39 Å². The van der Waals surface area contributed by atoms with Crippen molar-refractivity contribution in [2.24, 2.45) is 0 Å². The fourth-order valence-electron chi connectivity index (χ4n) is 6.27. The Morgan fingerprint density at radius 3 is 2.21 bits per heavy atom. The number of piperazine rings is 1. The average molecular weight is 637 g/mol. The van der Waals surface area contributed by atoms with Gasteiger partial charge >= 0.3 is 0 Å². The summed E-state index contributed by atoms with van der Waals surface area (Å²) in [6, 6.07) is 26.9. The third-order valence-electron chi connectivity index (χ3n) is 8.63. The summed E-state index contributed by atoms with van der Waals surface area (Å²) in [5.41, 5.74) is 2.55. The van der Waals surface area contributed by atoms with Gasteiger partial charge in [0, 0.05) is 39.4 Å². The molecule has 5 rings (SSSR count). The summed E-state index contributed by atoms with van der Waals surface area (Å²) in [6.07, 6.45) is 1.49. The largest absolute Gasteiger partial charge is 0.350 e. The second kappa shape index (κ2) is 15.5. The first kappa shape index (κ1) is 33.3. The highest BCUT2D eigenvalue weighted by molar-refractivity contribution is 5.95. The van der Waals surface area contributed by atoms with E-state index in [4.69, 9.17) is 0 Å². The molecule has 0 spiro atoms. The zero-order valence-electron chi connectivity index (χ0n) is 26.8. The van der Waals surface area contributed by atoms with Crippen LogP contribution in [0.1, 0.15) is 43.4 Å². The minimum atomic E-state index is -0.931. The number of carbonyl (C=O) groups is 4. The Hall–Kier alpha value is -5.05. The van der Waals surface area contributed by atoms with Gasteiger partial charge in [-0.3, -0.25) is 19.2 Å². The number of amides is 4. The molecular formula is C38H41FN4O4. The van der Waals surface area contributed by atoms with E-state index < -0.39 is 23.9 Å². The standard InChI is InChI=1S/C38H41FN4O4/c1-3-9-34-38(47)43(21-20-42(34)37(46)33(41-26(2)44)23-27-15-18-32(39)19-16-27)35(36(45)40-25-28-10-5-4-6-11-28)24-29-14-17-30-12-7-8-13-31(30)22-29/h4-8,10-19,22,33-35H,3,9,20-21,23-25H2,1-2H3,(H,40,45)(H,41,44)/t33-,34+,35+/m1/s1. The number of nitrogens with zero attached hydrogens (tertiary/aromatic N) is 2. The van der Waals surface area contributed by atoms with Gasteiger partial charge in [-0.15, -0.1) is 0 Å². The van der Waals surface area contributed by atoms with E-state index in [-0.39, 0.29) is 43.1 Å². The van der Waals surface area contributed by atoms with E-state index in [1.807, 2.05) is 79.7 Å². The molecule has 0 radical (unpaired) electrons. The van der Waals surface area contributed by atoms with E-state index in [0.29, 0.717) is 31.4 Å². The summed E-state index contributed by atoms with van der Waals surface area (Å²) in [5.74, 6) is -1.72. The summed E-state index contributed by atoms with van der Waals surface area (Å²) in [7, 11) is 0. The highest BCUT2D eigenvalue weighted by atomic mass is 19.1. The topological polar surface area (TPSA) is 98.8 Å². The normalized spacial score (nSPS) is 16.1. The minimum Gasteiger partial charge on any atom is -0.350 e. The molecule has 244 valence electrons. The molecule has 1 aliphatic heterocycles.